The lowest BCUT2D eigenvalue weighted by molar-refractivity contribution is -0.385. The molecule has 0 saturated carbocycles. The second-order valence-corrected chi connectivity index (χ2v) is 8.24. The lowest BCUT2D eigenvalue weighted by Crippen LogP contribution is -2.21. The molecule has 0 heterocycles. The average Bonchev–Trinajstić information content (AvgIpc) is 2.74. The number of hydrogen-bond donors (Lipinski definition) is 2. The molecule has 0 saturated heterocycles. The molecule has 0 spiro atoms. The Labute approximate surface area is 182 Å². The summed E-state index contributed by atoms with van der Waals surface area (Å²) in [5.41, 5.74) is 2.32. The molecule has 3 aromatic rings. The lowest BCUT2D eigenvalue weighted by atomic mass is 10.2. The molecule has 2 N–H and O–H groups in total. The van der Waals surface area contributed by atoms with Gasteiger partial charge in [0, 0.05) is 11.1 Å². The van der Waals surface area contributed by atoms with Crippen LogP contribution in [0.15, 0.2) is 82.8 Å². The summed E-state index contributed by atoms with van der Waals surface area (Å²) in [6.07, 6.45) is 1.14. The van der Waals surface area contributed by atoms with E-state index in [4.69, 9.17) is 11.6 Å². The number of nitrogens with one attached hydrogen (secondary N) is 2. The van der Waals surface area contributed by atoms with Gasteiger partial charge < -0.3 is 0 Å². The minimum atomic E-state index is -3.97. The second-order valence-electron chi connectivity index (χ2n) is 6.12. The van der Waals surface area contributed by atoms with E-state index in [2.05, 4.69) is 15.2 Å². The summed E-state index contributed by atoms with van der Waals surface area (Å²) in [5, 5.41) is 15.2. The van der Waals surface area contributed by atoms with Crippen LogP contribution in [0.25, 0.3) is 0 Å². The molecule has 0 fully saturated rings. The molecular weight excluding hydrogens is 444 g/mol. The van der Waals surface area contributed by atoms with Crippen LogP contribution in [-0.4, -0.2) is 25.5 Å². The summed E-state index contributed by atoms with van der Waals surface area (Å²) in [5.74, 6) is -0.704. The quantitative estimate of drug-likeness (QED) is 0.315. The van der Waals surface area contributed by atoms with Gasteiger partial charge in [0.05, 0.1) is 32.8 Å². The predicted octanol–water partition coefficient (Wildman–Crippen LogP) is 3.81. The fourth-order valence-corrected chi connectivity index (χ4v) is 3.78. The highest BCUT2D eigenvalue weighted by molar-refractivity contribution is 7.92. The number of benzene rings is 3. The molecule has 0 unspecified atom stereocenters. The number of halogens is 1. The maximum Gasteiger partial charge on any atom is 0.278 e. The summed E-state index contributed by atoms with van der Waals surface area (Å²) in [6, 6.07) is 17.4. The highest BCUT2D eigenvalue weighted by Crippen LogP contribution is 2.21. The molecule has 0 bridgehead atoms. The number of carbonyl (C=O) groups is 1. The molecule has 0 aliphatic heterocycles. The van der Waals surface area contributed by atoms with Crippen molar-refractivity contribution < 1.29 is 18.1 Å². The molecule has 3 aromatic carbocycles. The summed E-state index contributed by atoms with van der Waals surface area (Å²) < 4.78 is 27.6. The molecule has 0 atom stereocenters. The number of hydrogen-bond acceptors (Lipinski definition) is 6. The first-order valence-electron chi connectivity index (χ1n) is 8.72. The van der Waals surface area contributed by atoms with Crippen molar-refractivity contribution >= 4 is 45.1 Å². The highest BCUT2D eigenvalue weighted by Gasteiger charge is 2.18. The summed E-state index contributed by atoms with van der Waals surface area (Å²) in [4.78, 5) is 23.0. The van der Waals surface area contributed by atoms with E-state index >= 15 is 0 Å². The number of nitrogens with zero attached hydrogens (tertiary/aromatic N) is 2. The number of nitro benzene ring substituents is 1. The van der Waals surface area contributed by atoms with E-state index in [0.29, 0.717) is 5.02 Å². The third kappa shape index (κ3) is 5.44. The Kier molecular flexibility index (Phi) is 6.63. The van der Waals surface area contributed by atoms with Gasteiger partial charge in [-0.05, 0) is 42.5 Å². The number of hydrazone groups is 1. The SMILES string of the molecule is O=C(N/N=C\c1ccccc1[N+](=O)[O-])c1ccccc1NS(=O)(=O)c1ccc(Cl)cc1. The zero-order valence-corrected chi connectivity index (χ0v) is 17.3. The third-order valence-corrected chi connectivity index (χ3v) is 5.68. The van der Waals surface area contributed by atoms with Crippen LogP contribution in [-0.2, 0) is 10.0 Å². The van der Waals surface area contributed by atoms with Crippen LogP contribution in [0.1, 0.15) is 15.9 Å². The number of anilines is 1. The first-order chi connectivity index (χ1) is 14.8. The summed E-state index contributed by atoms with van der Waals surface area (Å²) in [6.45, 7) is 0. The first-order valence-corrected chi connectivity index (χ1v) is 10.6. The fourth-order valence-electron chi connectivity index (χ4n) is 2.57. The molecule has 0 aliphatic rings. The van der Waals surface area contributed by atoms with Crippen LogP contribution in [0.2, 0.25) is 5.02 Å². The molecule has 1 amide bonds. The average molecular weight is 459 g/mol. The summed E-state index contributed by atoms with van der Waals surface area (Å²) >= 11 is 5.79. The molecule has 11 heteroatoms. The van der Waals surface area contributed by atoms with E-state index in [-0.39, 0.29) is 27.4 Å². The van der Waals surface area contributed by atoms with Crippen molar-refractivity contribution in [1.82, 2.24) is 5.43 Å². The van der Waals surface area contributed by atoms with Gasteiger partial charge in [-0.15, -0.1) is 0 Å². The van der Waals surface area contributed by atoms with Crippen molar-refractivity contribution in [2.75, 3.05) is 4.72 Å². The topological polar surface area (TPSA) is 131 Å². The number of rotatable bonds is 7. The van der Waals surface area contributed by atoms with Crippen molar-refractivity contribution in [3.8, 4) is 0 Å². The third-order valence-electron chi connectivity index (χ3n) is 4.04. The van der Waals surface area contributed by atoms with Gasteiger partial charge in [0.2, 0.25) is 0 Å². The van der Waals surface area contributed by atoms with E-state index in [1.54, 1.807) is 18.2 Å². The van der Waals surface area contributed by atoms with Crippen molar-refractivity contribution in [1.29, 1.82) is 0 Å². The number of para-hydroxylation sites is 2. The van der Waals surface area contributed by atoms with Crippen LogP contribution >= 0.6 is 11.6 Å². The van der Waals surface area contributed by atoms with Gasteiger partial charge >= 0.3 is 0 Å². The van der Waals surface area contributed by atoms with E-state index in [9.17, 15) is 23.3 Å². The minimum absolute atomic E-state index is 0.0137. The Balaban J connectivity index is 1.79. The van der Waals surface area contributed by atoms with Gasteiger partial charge in [0.25, 0.3) is 21.6 Å². The van der Waals surface area contributed by atoms with Crippen molar-refractivity contribution in [2.24, 2.45) is 5.10 Å². The van der Waals surface area contributed by atoms with Gasteiger partial charge in [-0.3, -0.25) is 19.6 Å². The lowest BCUT2D eigenvalue weighted by Gasteiger charge is -2.11. The Morgan fingerprint density at radius 2 is 1.65 bits per heavy atom. The minimum Gasteiger partial charge on any atom is -0.279 e. The molecule has 31 heavy (non-hydrogen) atoms. The Hall–Kier alpha value is -3.76. The maximum absolute atomic E-state index is 12.6. The van der Waals surface area contributed by atoms with Crippen LogP contribution in [0.5, 0.6) is 0 Å². The number of carbonyl (C=O) groups excluding carboxylic acids is 1. The van der Waals surface area contributed by atoms with Crippen LogP contribution in [0, 0.1) is 10.1 Å². The molecule has 0 aliphatic carbocycles. The van der Waals surface area contributed by atoms with E-state index in [1.165, 1.54) is 54.6 Å². The largest absolute Gasteiger partial charge is 0.279 e. The summed E-state index contributed by atoms with van der Waals surface area (Å²) in [7, 11) is -3.97. The van der Waals surface area contributed by atoms with E-state index in [0.717, 1.165) is 6.21 Å². The maximum atomic E-state index is 12.6. The second kappa shape index (κ2) is 9.37. The first kappa shape index (κ1) is 21.9. The van der Waals surface area contributed by atoms with Crippen LogP contribution in [0.4, 0.5) is 11.4 Å². The zero-order valence-electron chi connectivity index (χ0n) is 15.7. The Morgan fingerprint density at radius 1 is 1.00 bits per heavy atom. The van der Waals surface area contributed by atoms with Gasteiger partial charge in [0.15, 0.2) is 0 Å². The van der Waals surface area contributed by atoms with Crippen molar-refractivity contribution in [3.63, 3.8) is 0 Å². The van der Waals surface area contributed by atoms with Crippen LogP contribution in [0.3, 0.4) is 0 Å². The van der Waals surface area contributed by atoms with Gasteiger partial charge in [-0.2, -0.15) is 5.10 Å². The fraction of sp³-hybridized carbons (Fsp3) is 0. The van der Waals surface area contributed by atoms with Crippen molar-refractivity contribution in [2.45, 2.75) is 4.90 Å². The number of sulfonamides is 1. The van der Waals surface area contributed by atoms with E-state index < -0.39 is 20.9 Å². The molecular formula is C20H15ClN4O5S. The normalized spacial score (nSPS) is 11.3. The zero-order chi connectivity index (χ0) is 22.4. The predicted molar refractivity (Wildman–Crippen MR) is 117 cm³/mol. The van der Waals surface area contributed by atoms with Crippen molar-refractivity contribution in [3.05, 3.63) is 99.1 Å². The Bertz CT molecular complexity index is 1260. The molecule has 3 rings (SSSR count). The smallest absolute Gasteiger partial charge is 0.278 e. The van der Waals surface area contributed by atoms with Gasteiger partial charge in [-0.1, -0.05) is 35.9 Å². The molecule has 0 radical (unpaired) electrons. The molecule has 158 valence electrons. The number of nitro groups is 1. The molecule has 0 aromatic heterocycles. The Morgan fingerprint density at radius 3 is 2.35 bits per heavy atom. The number of amides is 1. The van der Waals surface area contributed by atoms with Gasteiger partial charge in [0.1, 0.15) is 0 Å². The highest BCUT2D eigenvalue weighted by atomic mass is 35.5. The van der Waals surface area contributed by atoms with Crippen LogP contribution < -0.4 is 10.1 Å². The molecule has 9 nitrogen and oxygen atoms in total. The standard InChI is InChI=1S/C20H15ClN4O5S/c21-15-9-11-16(12-10-15)31(29,30)24-18-7-3-2-6-17(18)20(26)23-22-13-14-5-1-4-8-19(14)25(27)28/h1-13,24H,(H,23,26)/b22-13-. The van der Waals surface area contributed by atoms with Gasteiger partial charge in [-0.25, -0.2) is 13.8 Å². The monoisotopic (exact) mass is 458 g/mol. The van der Waals surface area contributed by atoms with E-state index in [1.807, 2.05) is 0 Å².